The summed E-state index contributed by atoms with van der Waals surface area (Å²) in [7, 11) is 0. The predicted octanol–water partition coefficient (Wildman–Crippen LogP) is 3.24. The Kier molecular flexibility index (Phi) is 5.48. The SMILES string of the molecule is CC(C)C(CBr)CSc1ccncn1. The van der Waals surface area contributed by atoms with Crippen molar-refractivity contribution >= 4 is 27.7 Å². The highest BCUT2D eigenvalue weighted by atomic mass is 79.9. The van der Waals surface area contributed by atoms with E-state index in [2.05, 4.69) is 39.7 Å². The highest BCUT2D eigenvalue weighted by molar-refractivity contribution is 9.09. The Balaban J connectivity index is 2.40. The van der Waals surface area contributed by atoms with E-state index >= 15 is 0 Å². The molecule has 0 saturated heterocycles. The largest absolute Gasteiger partial charge is 0.245 e. The molecule has 0 aliphatic heterocycles. The molecule has 0 radical (unpaired) electrons. The van der Waals surface area contributed by atoms with Gasteiger partial charge in [0.1, 0.15) is 6.33 Å². The first-order valence-electron chi connectivity index (χ1n) is 4.68. The Morgan fingerprint density at radius 3 is 2.79 bits per heavy atom. The third-order valence-electron chi connectivity index (χ3n) is 2.14. The van der Waals surface area contributed by atoms with Gasteiger partial charge in [0.2, 0.25) is 0 Å². The minimum Gasteiger partial charge on any atom is -0.245 e. The lowest BCUT2D eigenvalue weighted by Crippen LogP contribution is -2.12. The molecular formula is C10H15BrN2S. The zero-order valence-electron chi connectivity index (χ0n) is 8.48. The van der Waals surface area contributed by atoms with Gasteiger partial charge in [-0.1, -0.05) is 29.8 Å². The van der Waals surface area contributed by atoms with Crippen molar-refractivity contribution in [2.75, 3.05) is 11.1 Å². The van der Waals surface area contributed by atoms with Gasteiger partial charge in [-0.15, -0.1) is 11.8 Å². The van der Waals surface area contributed by atoms with Crippen LogP contribution in [0.1, 0.15) is 13.8 Å². The molecule has 1 rings (SSSR count). The summed E-state index contributed by atoms with van der Waals surface area (Å²) in [6.45, 7) is 4.51. The number of aromatic nitrogens is 2. The minimum absolute atomic E-state index is 0.704. The Hall–Kier alpha value is -0.0900. The molecule has 1 aromatic heterocycles. The van der Waals surface area contributed by atoms with E-state index in [1.54, 1.807) is 24.3 Å². The van der Waals surface area contributed by atoms with Crippen molar-refractivity contribution in [3.8, 4) is 0 Å². The molecule has 0 spiro atoms. The molecule has 0 amide bonds. The number of thioether (sulfide) groups is 1. The van der Waals surface area contributed by atoms with Crippen LogP contribution in [0.25, 0.3) is 0 Å². The fraction of sp³-hybridized carbons (Fsp3) is 0.600. The van der Waals surface area contributed by atoms with E-state index in [9.17, 15) is 0 Å². The third-order valence-corrected chi connectivity index (χ3v) is 4.10. The molecule has 0 fully saturated rings. The van der Waals surface area contributed by atoms with E-state index in [1.807, 2.05) is 6.07 Å². The van der Waals surface area contributed by atoms with Gasteiger partial charge in [-0.3, -0.25) is 0 Å². The molecule has 1 unspecified atom stereocenters. The van der Waals surface area contributed by atoms with Gasteiger partial charge in [-0.25, -0.2) is 9.97 Å². The topological polar surface area (TPSA) is 25.8 Å². The number of hydrogen-bond donors (Lipinski definition) is 0. The summed E-state index contributed by atoms with van der Waals surface area (Å²) in [5.74, 6) is 2.53. The van der Waals surface area contributed by atoms with E-state index in [1.165, 1.54) is 0 Å². The summed E-state index contributed by atoms with van der Waals surface area (Å²) in [5.41, 5.74) is 0. The van der Waals surface area contributed by atoms with Crippen LogP contribution in [0.2, 0.25) is 0 Å². The van der Waals surface area contributed by atoms with E-state index in [0.717, 1.165) is 16.1 Å². The fourth-order valence-corrected chi connectivity index (χ4v) is 3.42. The standard InChI is InChI=1S/C10H15BrN2S/c1-8(2)9(5-11)6-14-10-3-4-12-7-13-10/h3-4,7-9H,5-6H2,1-2H3. The maximum Gasteiger partial charge on any atom is 0.116 e. The average molecular weight is 275 g/mol. The third kappa shape index (κ3) is 3.96. The van der Waals surface area contributed by atoms with Gasteiger partial charge >= 0.3 is 0 Å². The first kappa shape index (κ1) is 12.0. The molecular weight excluding hydrogens is 260 g/mol. The number of rotatable bonds is 5. The molecule has 0 N–H and O–H groups in total. The van der Waals surface area contributed by atoms with Crippen LogP contribution in [0.15, 0.2) is 23.6 Å². The maximum atomic E-state index is 4.18. The van der Waals surface area contributed by atoms with Crippen LogP contribution in [0.3, 0.4) is 0 Å². The van der Waals surface area contributed by atoms with Crippen LogP contribution < -0.4 is 0 Å². The zero-order chi connectivity index (χ0) is 10.4. The molecule has 78 valence electrons. The second-order valence-electron chi connectivity index (χ2n) is 3.52. The number of hydrogen-bond acceptors (Lipinski definition) is 3. The first-order chi connectivity index (χ1) is 6.74. The summed E-state index contributed by atoms with van der Waals surface area (Å²) in [6.07, 6.45) is 3.38. The van der Waals surface area contributed by atoms with Crippen LogP contribution in [0, 0.1) is 11.8 Å². The predicted molar refractivity (Wildman–Crippen MR) is 64.9 cm³/mol. The fourth-order valence-electron chi connectivity index (χ4n) is 0.972. The molecule has 0 aliphatic carbocycles. The lowest BCUT2D eigenvalue weighted by molar-refractivity contribution is 0.474. The molecule has 0 saturated carbocycles. The summed E-state index contributed by atoms with van der Waals surface area (Å²) < 4.78 is 0. The van der Waals surface area contributed by atoms with Crippen molar-refractivity contribution in [2.24, 2.45) is 11.8 Å². The van der Waals surface area contributed by atoms with Crippen LogP contribution in [0.5, 0.6) is 0 Å². The summed E-state index contributed by atoms with van der Waals surface area (Å²) in [6, 6.07) is 1.95. The highest BCUT2D eigenvalue weighted by Gasteiger charge is 2.12. The van der Waals surface area contributed by atoms with Crippen molar-refractivity contribution in [1.82, 2.24) is 9.97 Å². The summed E-state index contributed by atoms with van der Waals surface area (Å²) in [4.78, 5) is 8.07. The molecule has 4 heteroatoms. The number of alkyl halides is 1. The van der Waals surface area contributed by atoms with Crippen molar-refractivity contribution in [3.63, 3.8) is 0 Å². The molecule has 0 bridgehead atoms. The van der Waals surface area contributed by atoms with Crippen LogP contribution >= 0.6 is 27.7 Å². The number of nitrogens with zero attached hydrogens (tertiary/aromatic N) is 2. The van der Waals surface area contributed by atoms with E-state index in [4.69, 9.17) is 0 Å². The molecule has 0 aromatic carbocycles. The Bertz CT molecular complexity index is 254. The molecule has 0 aliphatic rings. The quantitative estimate of drug-likeness (QED) is 0.468. The summed E-state index contributed by atoms with van der Waals surface area (Å²) >= 11 is 5.34. The molecule has 1 heterocycles. The molecule has 14 heavy (non-hydrogen) atoms. The Morgan fingerprint density at radius 2 is 2.29 bits per heavy atom. The second-order valence-corrected chi connectivity index (χ2v) is 5.20. The Morgan fingerprint density at radius 1 is 1.50 bits per heavy atom. The highest BCUT2D eigenvalue weighted by Crippen LogP contribution is 2.23. The van der Waals surface area contributed by atoms with Crippen molar-refractivity contribution < 1.29 is 0 Å². The van der Waals surface area contributed by atoms with Crippen LogP contribution in [-0.4, -0.2) is 21.1 Å². The minimum atomic E-state index is 0.704. The van der Waals surface area contributed by atoms with Crippen molar-refractivity contribution in [3.05, 3.63) is 18.6 Å². The molecule has 1 atom stereocenters. The van der Waals surface area contributed by atoms with Gasteiger partial charge in [-0.05, 0) is 17.9 Å². The van der Waals surface area contributed by atoms with Gasteiger partial charge in [0, 0.05) is 17.3 Å². The maximum absolute atomic E-state index is 4.18. The van der Waals surface area contributed by atoms with E-state index < -0.39 is 0 Å². The van der Waals surface area contributed by atoms with Gasteiger partial charge in [0.05, 0.1) is 5.03 Å². The van der Waals surface area contributed by atoms with Crippen molar-refractivity contribution in [2.45, 2.75) is 18.9 Å². The monoisotopic (exact) mass is 274 g/mol. The van der Waals surface area contributed by atoms with E-state index in [0.29, 0.717) is 11.8 Å². The number of halogens is 1. The van der Waals surface area contributed by atoms with Crippen LogP contribution in [0.4, 0.5) is 0 Å². The van der Waals surface area contributed by atoms with Gasteiger partial charge in [0.15, 0.2) is 0 Å². The lowest BCUT2D eigenvalue weighted by Gasteiger charge is -2.16. The second kappa shape index (κ2) is 6.40. The summed E-state index contributed by atoms with van der Waals surface area (Å²) in [5, 5.41) is 2.12. The normalized spacial score (nSPS) is 13.1. The zero-order valence-corrected chi connectivity index (χ0v) is 10.9. The first-order valence-corrected chi connectivity index (χ1v) is 6.79. The van der Waals surface area contributed by atoms with Gasteiger partial charge in [0.25, 0.3) is 0 Å². The van der Waals surface area contributed by atoms with Gasteiger partial charge < -0.3 is 0 Å². The van der Waals surface area contributed by atoms with E-state index in [-0.39, 0.29) is 0 Å². The smallest absolute Gasteiger partial charge is 0.116 e. The van der Waals surface area contributed by atoms with Gasteiger partial charge in [-0.2, -0.15) is 0 Å². The average Bonchev–Trinajstić information content (AvgIpc) is 2.20. The van der Waals surface area contributed by atoms with Crippen LogP contribution in [-0.2, 0) is 0 Å². The molecule has 2 nitrogen and oxygen atoms in total. The Labute approximate surface area is 98.1 Å². The van der Waals surface area contributed by atoms with Crippen molar-refractivity contribution in [1.29, 1.82) is 0 Å². The lowest BCUT2D eigenvalue weighted by atomic mass is 10.0. The molecule has 1 aromatic rings.